The number of aliphatic hydroxyl groups is 2. The fourth-order valence-corrected chi connectivity index (χ4v) is 3.32. The molecule has 1 aliphatic carbocycles. The molecule has 0 spiro atoms. The van der Waals surface area contributed by atoms with Crippen molar-refractivity contribution < 1.29 is 10.2 Å². The Morgan fingerprint density at radius 3 is 2.00 bits per heavy atom. The van der Waals surface area contributed by atoms with Gasteiger partial charge in [0.1, 0.15) is 0 Å². The van der Waals surface area contributed by atoms with Gasteiger partial charge in [0.15, 0.2) is 0 Å². The predicted octanol–water partition coefficient (Wildman–Crippen LogP) is 1.61. The molecular formula is C16H34N2O2. The van der Waals surface area contributed by atoms with E-state index in [-0.39, 0.29) is 13.2 Å². The van der Waals surface area contributed by atoms with Crippen LogP contribution in [0.2, 0.25) is 0 Å². The zero-order chi connectivity index (χ0) is 14.8. The molecule has 0 bridgehead atoms. The minimum Gasteiger partial charge on any atom is -0.395 e. The quantitative estimate of drug-likeness (QED) is 0.564. The first-order chi connectivity index (χ1) is 9.62. The molecule has 0 atom stereocenters. The van der Waals surface area contributed by atoms with Crippen molar-refractivity contribution in [3.63, 3.8) is 0 Å². The van der Waals surface area contributed by atoms with Crippen LogP contribution in [0.4, 0.5) is 0 Å². The van der Waals surface area contributed by atoms with E-state index in [4.69, 9.17) is 0 Å². The number of rotatable bonds is 9. The topological polar surface area (TPSA) is 55.7 Å². The molecule has 0 aliphatic heterocycles. The van der Waals surface area contributed by atoms with Gasteiger partial charge in [0.05, 0.1) is 13.2 Å². The Morgan fingerprint density at radius 1 is 1.00 bits per heavy atom. The Hall–Kier alpha value is -0.160. The Labute approximate surface area is 124 Å². The molecule has 0 amide bonds. The van der Waals surface area contributed by atoms with Crippen molar-refractivity contribution in [2.75, 3.05) is 39.4 Å². The van der Waals surface area contributed by atoms with Gasteiger partial charge in [0.2, 0.25) is 0 Å². The van der Waals surface area contributed by atoms with Crippen LogP contribution in [0.15, 0.2) is 0 Å². The number of aliphatic hydroxyl groups excluding tert-OH is 2. The van der Waals surface area contributed by atoms with Crippen LogP contribution in [0, 0.1) is 5.41 Å². The molecule has 0 heterocycles. The molecule has 20 heavy (non-hydrogen) atoms. The van der Waals surface area contributed by atoms with Gasteiger partial charge in [-0.15, -0.1) is 0 Å². The molecule has 0 aromatic rings. The van der Waals surface area contributed by atoms with Crippen LogP contribution in [0.3, 0.4) is 0 Å². The molecule has 4 nitrogen and oxygen atoms in total. The monoisotopic (exact) mass is 286 g/mol. The van der Waals surface area contributed by atoms with E-state index in [1.54, 1.807) is 0 Å². The summed E-state index contributed by atoms with van der Waals surface area (Å²) < 4.78 is 0. The zero-order valence-corrected chi connectivity index (χ0v) is 13.4. The summed E-state index contributed by atoms with van der Waals surface area (Å²) in [4.78, 5) is 2.23. The minimum absolute atomic E-state index is 0.174. The summed E-state index contributed by atoms with van der Waals surface area (Å²) >= 11 is 0. The zero-order valence-electron chi connectivity index (χ0n) is 13.4. The van der Waals surface area contributed by atoms with Crippen molar-refractivity contribution in [3.8, 4) is 0 Å². The SMILES string of the molecule is CC(C)NCC1(CN(CCO)CCO)CCCCCC1. The molecule has 1 rings (SSSR count). The third-order valence-electron chi connectivity index (χ3n) is 4.44. The van der Waals surface area contributed by atoms with Gasteiger partial charge < -0.3 is 15.5 Å². The molecule has 0 aromatic heterocycles. The standard InChI is InChI=1S/C16H34N2O2/c1-15(2)17-13-16(7-5-3-4-6-8-16)14-18(9-11-19)10-12-20/h15,17,19-20H,3-14H2,1-2H3. The second-order valence-corrected chi connectivity index (χ2v) is 6.67. The summed E-state index contributed by atoms with van der Waals surface area (Å²) in [6, 6.07) is 0.513. The summed E-state index contributed by atoms with van der Waals surface area (Å²) in [5.74, 6) is 0. The molecule has 3 N–H and O–H groups in total. The van der Waals surface area contributed by atoms with E-state index in [0.717, 1.165) is 13.1 Å². The lowest BCUT2D eigenvalue weighted by atomic mass is 9.79. The first-order valence-corrected chi connectivity index (χ1v) is 8.29. The largest absolute Gasteiger partial charge is 0.395 e. The maximum Gasteiger partial charge on any atom is 0.0558 e. The van der Waals surface area contributed by atoms with Crippen LogP contribution in [0.5, 0.6) is 0 Å². The predicted molar refractivity (Wildman–Crippen MR) is 83.9 cm³/mol. The van der Waals surface area contributed by atoms with Crippen LogP contribution in [0.1, 0.15) is 52.4 Å². The highest BCUT2D eigenvalue weighted by Crippen LogP contribution is 2.35. The van der Waals surface area contributed by atoms with Gasteiger partial charge in [-0.25, -0.2) is 0 Å². The van der Waals surface area contributed by atoms with E-state index in [9.17, 15) is 10.2 Å². The summed E-state index contributed by atoms with van der Waals surface area (Å²) in [6.07, 6.45) is 7.85. The molecule has 0 aromatic carbocycles. The molecule has 0 unspecified atom stereocenters. The first-order valence-electron chi connectivity index (χ1n) is 8.29. The van der Waals surface area contributed by atoms with Crippen molar-refractivity contribution in [1.82, 2.24) is 10.2 Å². The molecule has 4 heteroatoms. The maximum absolute atomic E-state index is 9.21. The highest BCUT2D eigenvalue weighted by molar-refractivity contribution is 4.87. The summed E-state index contributed by atoms with van der Waals surface area (Å²) in [6.45, 7) is 8.13. The second kappa shape index (κ2) is 9.72. The molecule has 1 saturated carbocycles. The molecule has 0 radical (unpaired) electrons. The molecular weight excluding hydrogens is 252 g/mol. The number of nitrogens with zero attached hydrogens (tertiary/aromatic N) is 1. The fourth-order valence-electron chi connectivity index (χ4n) is 3.32. The third kappa shape index (κ3) is 6.53. The average Bonchev–Trinajstić information content (AvgIpc) is 2.63. The molecule has 1 aliphatic rings. The van der Waals surface area contributed by atoms with Crippen molar-refractivity contribution in [1.29, 1.82) is 0 Å². The normalized spacial score (nSPS) is 19.5. The average molecular weight is 286 g/mol. The summed E-state index contributed by atoms with van der Waals surface area (Å²) in [5, 5.41) is 22.0. The van der Waals surface area contributed by atoms with Gasteiger partial charge in [-0.1, -0.05) is 39.5 Å². The molecule has 120 valence electrons. The van der Waals surface area contributed by atoms with E-state index in [0.29, 0.717) is 24.5 Å². The van der Waals surface area contributed by atoms with Crippen molar-refractivity contribution in [2.24, 2.45) is 5.41 Å². The summed E-state index contributed by atoms with van der Waals surface area (Å²) in [7, 11) is 0. The van der Waals surface area contributed by atoms with Crippen LogP contribution in [-0.4, -0.2) is 60.5 Å². The van der Waals surface area contributed by atoms with Crippen molar-refractivity contribution in [3.05, 3.63) is 0 Å². The first kappa shape index (κ1) is 17.9. The molecule has 0 saturated heterocycles. The van der Waals surface area contributed by atoms with Crippen LogP contribution in [0.25, 0.3) is 0 Å². The minimum atomic E-state index is 0.174. The van der Waals surface area contributed by atoms with Crippen LogP contribution >= 0.6 is 0 Å². The van der Waals surface area contributed by atoms with Crippen LogP contribution in [-0.2, 0) is 0 Å². The van der Waals surface area contributed by atoms with Gasteiger partial charge in [0, 0.05) is 32.2 Å². The Bertz CT molecular complexity index is 233. The van der Waals surface area contributed by atoms with Crippen molar-refractivity contribution in [2.45, 2.75) is 58.4 Å². The maximum atomic E-state index is 9.21. The van der Waals surface area contributed by atoms with Crippen LogP contribution < -0.4 is 5.32 Å². The van der Waals surface area contributed by atoms with Gasteiger partial charge in [-0.3, -0.25) is 4.90 Å². The summed E-state index contributed by atoms with van der Waals surface area (Å²) in [5.41, 5.74) is 0.311. The van der Waals surface area contributed by atoms with E-state index >= 15 is 0 Å². The lowest BCUT2D eigenvalue weighted by Crippen LogP contribution is -2.47. The number of hydrogen-bond acceptors (Lipinski definition) is 4. The van der Waals surface area contributed by atoms with E-state index < -0.39 is 0 Å². The fraction of sp³-hybridized carbons (Fsp3) is 1.00. The van der Waals surface area contributed by atoms with E-state index in [1.165, 1.54) is 38.5 Å². The highest BCUT2D eigenvalue weighted by Gasteiger charge is 2.32. The van der Waals surface area contributed by atoms with Gasteiger partial charge in [-0.2, -0.15) is 0 Å². The van der Waals surface area contributed by atoms with Gasteiger partial charge in [-0.05, 0) is 18.3 Å². The smallest absolute Gasteiger partial charge is 0.0558 e. The number of hydrogen-bond donors (Lipinski definition) is 3. The van der Waals surface area contributed by atoms with E-state index in [1.807, 2.05) is 0 Å². The van der Waals surface area contributed by atoms with Gasteiger partial charge >= 0.3 is 0 Å². The van der Waals surface area contributed by atoms with E-state index in [2.05, 4.69) is 24.1 Å². The number of nitrogens with one attached hydrogen (secondary N) is 1. The highest BCUT2D eigenvalue weighted by atomic mass is 16.3. The van der Waals surface area contributed by atoms with Crippen molar-refractivity contribution >= 4 is 0 Å². The second-order valence-electron chi connectivity index (χ2n) is 6.67. The third-order valence-corrected chi connectivity index (χ3v) is 4.44. The Kier molecular flexibility index (Phi) is 8.69. The lowest BCUT2D eigenvalue weighted by molar-refractivity contribution is 0.0906. The Morgan fingerprint density at radius 2 is 1.55 bits per heavy atom. The lowest BCUT2D eigenvalue weighted by Gasteiger charge is -2.38. The molecule has 1 fully saturated rings. The van der Waals surface area contributed by atoms with Gasteiger partial charge in [0.25, 0.3) is 0 Å². The Balaban J connectivity index is 2.67.